The van der Waals surface area contributed by atoms with Crippen LogP contribution in [0.4, 0.5) is 0 Å². The predicted molar refractivity (Wildman–Crippen MR) is 58.4 cm³/mol. The Morgan fingerprint density at radius 1 is 1.17 bits per heavy atom. The van der Waals surface area contributed by atoms with Gasteiger partial charge in [-0.2, -0.15) is 0 Å². The number of rotatable bonds is 7. The van der Waals surface area contributed by atoms with Crippen LogP contribution in [0.2, 0.25) is 0 Å². The van der Waals surface area contributed by atoms with Crippen molar-refractivity contribution >= 4 is 10.5 Å². The summed E-state index contributed by atoms with van der Waals surface area (Å²) >= 11 is 0. The van der Waals surface area contributed by atoms with Crippen LogP contribution in [0, 0.1) is 11.8 Å². The van der Waals surface area contributed by atoms with E-state index in [-0.39, 0.29) is 0 Å². The Kier molecular flexibility index (Phi) is 7.92. The van der Waals surface area contributed by atoms with Crippen molar-refractivity contribution in [3.8, 4) is 0 Å². The lowest BCUT2D eigenvalue weighted by Crippen LogP contribution is -2.10. The van der Waals surface area contributed by atoms with E-state index in [1.807, 2.05) is 0 Å². The third-order valence-corrected chi connectivity index (χ3v) is 3.17. The number of hydrogen-bond acceptors (Lipinski definition) is 1. The zero-order valence-corrected chi connectivity index (χ0v) is 11.1. The zero-order valence-electron chi connectivity index (χ0n) is 9.10. The van der Waals surface area contributed by atoms with Crippen molar-refractivity contribution in [3.05, 3.63) is 0 Å². The van der Waals surface area contributed by atoms with Crippen molar-refractivity contribution < 1.29 is 4.43 Å². The van der Waals surface area contributed by atoms with E-state index in [9.17, 15) is 0 Å². The normalized spacial score (nSPS) is 16.2. The van der Waals surface area contributed by atoms with Crippen LogP contribution < -0.4 is 0 Å². The van der Waals surface area contributed by atoms with Gasteiger partial charge in [0.15, 0.2) is 0 Å². The summed E-state index contributed by atoms with van der Waals surface area (Å²) in [6.45, 7) is 7.95. The van der Waals surface area contributed by atoms with Gasteiger partial charge in [0.05, 0.1) is 0 Å². The van der Waals surface area contributed by atoms with Crippen LogP contribution in [-0.2, 0) is 4.43 Å². The van der Waals surface area contributed by atoms with Crippen LogP contribution in [0.15, 0.2) is 0 Å². The Balaban J connectivity index is 3.39. The minimum absolute atomic E-state index is 0.838. The highest BCUT2D eigenvalue weighted by atomic mass is 28.2. The molecule has 0 aromatic heterocycles. The predicted octanol–water partition coefficient (Wildman–Crippen LogP) is 2.14. The minimum atomic E-state index is 0.838. The highest BCUT2D eigenvalue weighted by Gasteiger charge is 2.10. The fraction of sp³-hybridized carbons (Fsp3) is 1.00. The Morgan fingerprint density at radius 3 is 2.25 bits per heavy atom. The summed E-state index contributed by atoms with van der Waals surface area (Å²) in [5.41, 5.74) is 0. The Labute approximate surface area is 80.4 Å². The summed E-state index contributed by atoms with van der Waals surface area (Å²) < 4.78 is 5.21. The largest absolute Gasteiger partial charge is 0.428 e. The van der Waals surface area contributed by atoms with Gasteiger partial charge in [0.25, 0.3) is 0 Å². The van der Waals surface area contributed by atoms with E-state index in [1.165, 1.54) is 25.7 Å². The molecule has 1 nitrogen and oxygen atoms in total. The Bertz CT molecular complexity index is 83.8. The highest BCUT2D eigenvalue weighted by Crippen LogP contribution is 2.20. The third-order valence-electron chi connectivity index (χ3n) is 2.76. The third kappa shape index (κ3) is 5.78. The van der Waals surface area contributed by atoms with Crippen molar-refractivity contribution in [2.24, 2.45) is 11.8 Å². The van der Waals surface area contributed by atoms with Crippen molar-refractivity contribution in [2.75, 3.05) is 6.61 Å². The van der Waals surface area contributed by atoms with Gasteiger partial charge in [-0.1, -0.05) is 40.0 Å². The SMILES string of the molecule is CCCCC(C)C(C)CCO[SiH3]. The van der Waals surface area contributed by atoms with E-state index >= 15 is 0 Å². The minimum Gasteiger partial charge on any atom is -0.428 e. The summed E-state index contributed by atoms with van der Waals surface area (Å²) in [6, 6.07) is 0. The maximum absolute atomic E-state index is 5.21. The monoisotopic (exact) mass is 188 g/mol. The summed E-state index contributed by atoms with van der Waals surface area (Å²) in [5, 5.41) is 0. The van der Waals surface area contributed by atoms with Gasteiger partial charge in [0.1, 0.15) is 10.5 Å². The van der Waals surface area contributed by atoms with Gasteiger partial charge in [0.2, 0.25) is 0 Å². The van der Waals surface area contributed by atoms with Gasteiger partial charge in [0, 0.05) is 6.61 Å². The van der Waals surface area contributed by atoms with Gasteiger partial charge in [-0.3, -0.25) is 0 Å². The van der Waals surface area contributed by atoms with Crippen LogP contribution >= 0.6 is 0 Å². The summed E-state index contributed by atoms with van der Waals surface area (Å²) in [7, 11) is 0.893. The second kappa shape index (κ2) is 7.81. The molecule has 0 fully saturated rings. The topological polar surface area (TPSA) is 9.23 Å². The molecule has 0 saturated heterocycles. The molecular formula is C10H24OSi. The van der Waals surface area contributed by atoms with Gasteiger partial charge in [-0.15, -0.1) is 0 Å². The van der Waals surface area contributed by atoms with Crippen molar-refractivity contribution in [1.82, 2.24) is 0 Å². The van der Waals surface area contributed by atoms with E-state index < -0.39 is 0 Å². The fourth-order valence-corrected chi connectivity index (χ4v) is 1.63. The van der Waals surface area contributed by atoms with Gasteiger partial charge < -0.3 is 4.43 Å². The molecule has 0 bridgehead atoms. The molecule has 0 aliphatic heterocycles. The maximum Gasteiger partial charge on any atom is 0.145 e. The lowest BCUT2D eigenvalue weighted by molar-refractivity contribution is 0.259. The molecule has 0 saturated carbocycles. The highest BCUT2D eigenvalue weighted by molar-refractivity contribution is 5.97. The molecule has 2 atom stereocenters. The van der Waals surface area contributed by atoms with E-state index in [0.717, 1.165) is 28.9 Å². The van der Waals surface area contributed by atoms with Crippen molar-refractivity contribution in [2.45, 2.75) is 46.5 Å². The van der Waals surface area contributed by atoms with E-state index in [1.54, 1.807) is 0 Å². The molecule has 0 rings (SSSR count). The van der Waals surface area contributed by atoms with Crippen LogP contribution in [0.25, 0.3) is 0 Å². The lowest BCUT2D eigenvalue weighted by atomic mass is 9.89. The number of unbranched alkanes of at least 4 members (excludes halogenated alkanes) is 1. The molecular weight excluding hydrogens is 164 g/mol. The second-order valence-corrected chi connectivity index (χ2v) is 4.46. The number of hydrogen-bond donors (Lipinski definition) is 0. The first-order valence-corrected chi connectivity index (χ1v) is 6.03. The molecule has 0 aliphatic carbocycles. The van der Waals surface area contributed by atoms with Crippen LogP contribution in [0.1, 0.15) is 46.5 Å². The zero-order chi connectivity index (χ0) is 9.40. The first-order chi connectivity index (χ1) is 5.72. The van der Waals surface area contributed by atoms with E-state index in [0.29, 0.717) is 0 Å². The molecule has 0 radical (unpaired) electrons. The van der Waals surface area contributed by atoms with Crippen molar-refractivity contribution in [3.63, 3.8) is 0 Å². The molecule has 0 aliphatic rings. The molecule has 0 N–H and O–H groups in total. The van der Waals surface area contributed by atoms with Crippen LogP contribution in [0.3, 0.4) is 0 Å². The average Bonchev–Trinajstić information content (AvgIpc) is 2.10. The Morgan fingerprint density at radius 2 is 1.75 bits per heavy atom. The molecule has 74 valence electrons. The second-order valence-electron chi connectivity index (χ2n) is 3.88. The molecule has 0 amide bonds. The fourth-order valence-electron chi connectivity index (χ4n) is 1.40. The maximum atomic E-state index is 5.21. The molecule has 0 spiro atoms. The molecule has 0 aromatic carbocycles. The van der Waals surface area contributed by atoms with Crippen molar-refractivity contribution in [1.29, 1.82) is 0 Å². The molecule has 0 heterocycles. The van der Waals surface area contributed by atoms with E-state index in [2.05, 4.69) is 20.8 Å². The quantitative estimate of drug-likeness (QED) is 0.556. The average molecular weight is 188 g/mol. The summed E-state index contributed by atoms with van der Waals surface area (Å²) in [5.74, 6) is 1.72. The van der Waals surface area contributed by atoms with Crippen LogP contribution in [0.5, 0.6) is 0 Å². The first-order valence-electron chi connectivity index (χ1n) is 5.21. The molecule has 12 heavy (non-hydrogen) atoms. The molecule has 0 aromatic rings. The van der Waals surface area contributed by atoms with Gasteiger partial charge in [-0.05, 0) is 18.3 Å². The van der Waals surface area contributed by atoms with Gasteiger partial charge >= 0.3 is 0 Å². The first kappa shape index (κ1) is 12.2. The molecule has 2 heteroatoms. The smallest absolute Gasteiger partial charge is 0.145 e. The molecule has 2 unspecified atom stereocenters. The van der Waals surface area contributed by atoms with E-state index in [4.69, 9.17) is 4.43 Å². The van der Waals surface area contributed by atoms with Gasteiger partial charge in [-0.25, -0.2) is 0 Å². The lowest BCUT2D eigenvalue weighted by Gasteiger charge is -2.19. The Hall–Kier alpha value is 0.177. The summed E-state index contributed by atoms with van der Waals surface area (Å²) in [4.78, 5) is 0. The standard InChI is InChI=1S/C10H24OSi/c1-4-5-6-9(2)10(3)7-8-11-12/h9-10H,4-8H2,1-3,12H3. The van der Waals surface area contributed by atoms with Crippen LogP contribution in [-0.4, -0.2) is 17.1 Å². The summed E-state index contributed by atoms with van der Waals surface area (Å²) in [6.07, 6.45) is 5.34.